The third-order valence-corrected chi connectivity index (χ3v) is 12.6. The van der Waals surface area contributed by atoms with E-state index in [-0.39, 0.29) is 49.0 Å². The van der Waals surface area contributed by atoms with E-state index in [1.807, 2.05) is 95.2 Å². The maximum atomic E-state index is 13.6. The molecule has 0 N–H and O–H groups in total. The fourth-order valence-corrected chi connectivity index (χ4v) is 9.14. The largest absolute Gasteiger partial charge is 0.460 e. The van der Waals surface area contributed by atoms with Gasteiger partial charge in [0.1, 0.15) is 30.4 Å². The lowest BCUT2D eigenvalue weighted by Gasteiger charge is -2.29. The number of carbonyl (C=O) groups excluding carboxylic acids is 4. The van der Waals surface area contributed by atoms with Crippen molar-refractivity contribution in [3.8, 4) is 0 Å². The first-order valence-corrected chi connectivity index (χ1v) is 21.5. The van der Waals surface area contributed by atoms with Crippen LogP contribution < -0.4 is 4.57 Å². The molecule has 12 nitrogen and oxygen atoms in total. The number of imidazole rings is 2. The first kappa shape index (κ1) is 46.0. The number of rotatable bonds is 9. The van der Waals surface area contributed by atoms with Crippen molar-refractivity contribution in [3.63, 3.8) is 0 Å². The molecule has 2 unspecified atom stereocenters. The summed E-state index contributed by atoms with van der Waals surface area (Å²) in [6.45, 7) is 16.4. The van der Waals surface area contributed by atoms with Crippen LogP contribution >= 0.6 is 12.4 Å². The van der Waals surface area contributed by atoms with Gasteiger partial charge >= 0.3 is 11.9 Å². The van der Waals surface area contributed by atoms with Gasteiger partial charge in [0, 0.05) is 90.2 Å². The molecule has 0 radical (unpaired) electrons. The lowest BCUT2D eigenvalue weighted by atomic mass is 9.79. The number of para-hydroxylation sites is 2. The van der Waals surface area contributed by atoms with Crippen molar-refractivity contribution in [2.24, 2.45) is 37.3 Å². The Hall–Kier alpha value is -5.49. The van der Waals surface area contributed by atoms with E-state index in [1.54, 1.807) is 27.0 Å². The Labute approximate surface area is 370 Å². The number of ether oxygens (including phenoxy) is 2. The fraction of sp³-hybridized carbons (Fsp3) is 0.469. The summed E-state index contributed by atoms with van der Waals surface area (Å²) in [7, 11) is 4.10. The van der Waals surface area contributed by atoms with Crippen molar-refractivity contribution in [2.45, 2.75) is 113 Å². The van der Waals surface area contributed by atoms with Crippen LogP contribution in [0.25, 0.3) is 21.8 Å². The number of fused-ring (bicyclic) bond motifs is 6. The van der Waals surface area contributed by atoms with Gasteiger partial charge in [-0.3, -0.25) is 19.2 Å². The molecule has 0 fully saturated rings. The van der Waals surface area contributed by atoms with Crippen LogP contribution in [-0.2, 0) is 65.8 Å². The molecule has 0 bridgehead atoms. The van der Waals surface area contributed by atoms with Gasteiger partial charge in [0.15, 0.2) is 11.6 Å². The van der Waals surface area contributed by atoms with Gasteiger partial charge in [-0.2, -0.15) is 4.57 Å². The maximum Gasteiger partial charge on any atom is 0.313 e. The Kier molecular flexibility index (Phi) is 13.4. The summed E-state index contributed by atoms with van der Waals surface area (Å²) in [5.74, 6) is 0.774. The molecule has 4 aromatic heterocycles. The summed E-state index contributed by atoms with van der Waals surface area (Å²) in [5, 5.41) is 2.12. The minimum atomic E-state index is -0.634. The van der Waals surface area contributed by atoms with Gasteiger partial charge in [-0.1, -0.05) is 57.2 Å². The molecule has 62 heavy (non-hydrogen) atoms. The highest BCUT2D eigenvalue weighted by atomic mass is 35.5. The zero-order valence-corrected chi connectivity index (χ0v) is 38.7. The highest BCUT2D eigenvalue weighted by Gasteiger charge is 2.38. The minimum Gasteiger partial charge on any atom is -0.460 e. The number of aryl methyl sites for hydroxylation is 3. The molecule has 2 aliphatic carbocycles. The van der Waals surface area contributed by atoms with Gasteiger partial charge in [-0.25, -0.2) is 9.55 Å². The molecular weight excluding hydrogens is 804 g/mol. The van der Waals surface area contributed by atoms with E-state index in [9.17, 15) is 19.2 Å². The monoisotopic (exact) mass is 865 g/mol. The molecule has 8 rings (SSSR count). The van der Waals surface area contributed by atoms with E-state index in [4.69, 9.17) is 9.47 Å². The summed E-state index contributed by atoms with van der Waals surface area (Å²) in [4.78, 5) is 56.4. The summed E-state index contributed by atoms with van der Waals surface area (Å²) >= 11 is 0. The van der Waals surface area contributed by atoms with Gasteiger partial charge in [0.25, 0.3) is 5.82 Å². The second-order valence-electron chi connectivity index (χ2n) is 18.9. The standard InChI is InChI=1S/C31H42N3O5.C18H19N3O.ClH/c1-20-33(18-21-13-14-25-27(28(21)36)22-11-9-10-12-24(22)32(25)8)15-16-34(20)19-38-29(37)23(30(2,3)4)17-26(35)39-31(5,6)7;1-12-19-9-10-21(12)11-13-7-8-16-17(18(13)22)14-5-3-4-6-15(14)20(16)2;/h9-12,15-16,21,23H,13-14,17-19H2,1-8H3;3-6,9-10,13H,7-8,11H2,1-2H3;1H/q+1;;/t21?,23-;;/m1../s1. The van der Waals surface area contributed by atoms with E-state index in [0.29, 0.717) is 6.54 Å². The Bertz CT molecular complexity index is 2630. The smallest absolute Gasteiger partial charge is 0.313 e. The second-order valence-corrected chi connectivity index (χ2v) is 18.9. The Morgan fingerprint density at radius 1 is 0.790 bits per heavy atom. The molecular formula is C49H62ClN6O6+. The number of halogens is 1. The predicted molar refractivity (Wildman–Crippen MR) is 241 cm³/mol. The highest BCUT2D eigenvalue weighted by molar-refractivity contribution is 6.12. The topological polar surface area (TPSA) is 123 Å². The van der Waals surface area contributed by atoms with E-state index < -0.39 is 28.9 Å². The molecule has 6 aromatic rings. The molecule has 13 heteroatoms. The van der Waals surface area contributed by atoms with Crippen LogP contribution in [0.2, 0.25) is 0 Å². The van der Waals surface area contributed by atoms with Crippen molar-refractivity contribution in [2.75, 3.05) is 0 Å². The number of ketones is 2. The summed E-state index contributed by atoms with van der Waals surface area (Å²) in [5.41, 5.74) is 5.25. The second kappa shape index (κ2) is 18.1. The SMILES string of the molecule is Cc1n(CC2CCc3c(c4ccccc4n3C)C2=O)cc[n+]1COC(=O)[C@@H](CC(=O)OC(C)(C)C)C(C)(C)C.Cc1nccn1CC1CCc2c(c3ccccc3n2C)C1=O.Cl. The van der Waals surface area contributed by atoms with Crippen molar-refractivity contribution < 1.29 is 33.2 Å². The molecule has 330 valence electrons. The Morgan fingerprint density at radius 3 is 1.79 bits per heavy atom. The van der Waals surface area contributed by atoms with Gasteiger partial charge < -0.3 is 23.2 Å². The summed E-state index contributed by atoms with van der Waals surface area (Å²) < 4.78 is 21.4. The summed E-state index contributed by atoms with van der Waals surface area (Å²) in [6, 6.07) is 16.3. The van der Waals surface area contributed by atoms with Crippen molar-refractivity contribution in [1.29, 1.82) is 0 Å². The molecule has 0 amide bonds. The van der Waals surface area contributed by atoms with E-state index in [1.165, 1.54) is 5.69 Å². The number of Topliss-reactive ketones (excluding diaryl/α,β-unsaturated/α-hetero) is 2. The average molecular weight is 867 g/mol. The van der Waals surface area contributed by atoms with E-state index >= 15 is 0 Å². The van der Waals surface area contributed by atoms with Gasteiger partial charge in [0.05, 0.1) is 18.3 Å². The maximum absolute atomic E-state index is 13.6. The quantitative estimate of drug-likeness (QED) is 0.106. The van der Waals surface area contributed by atoms with Crippen LogP contribution in [0.3, 0.4) is 0 Å². The third-order valence-electron chi connectivity index (χ3n) is 12.6. The number of aromatic nitrogens is 6. The molecule has 0 saturated heterocycles. The Balaban J connectivity index is 0.000000235. The van der Waals surface area contributed by atoms with Crippen LogP contribution in [0.5, 0.6) is 0 Å². The number of carbonyl (C=O) groups is 4. The molecule has 3 atom stereocenters. The lowest BCUT2D eigenvalue weighted by Crippen LogP contribution is -2.41. The first-order chi connectivity index (χ1) is 28.8. The van der Waals surface area contributed by atoms with Crippen LogP contribution in [0, 0.1) is 37.0 Å². The molecule has 2 aliphatic rings. The van der Waals surface area contributed by atoms with Crippen molar-refractivity contribution in [3.05, 3.63) is 107 Å². The number of hydrogen-bond acceptors (Lipinski definition) is 7. The number of hydrogen-bond donors (Lipinski definition) is 0. The van der Waals surface area contributed by atoms with Crippen LogP contribution in [-0.4, -0.2) is 52.4 Å². The van der Waals surface area contributed by atoms with Crippen molar-refractivity contribution >= 4 is 57.7 Å². The zero-order valence-electron chi connectivity index (χ0n) is 37.9. The fourth-order valence-electron chi connectivity index (χ4n) is 9.14. The van der Waals surface area contributed by atoms with Gasteiger partial charge in [0.2, 0.25) is 6.73 Å². The zero-order chi connectivity index (χ0) is 44.0. The predicted octanol–water partition coefficient (Wildman–Crippen LogP) is 8.47. The number of esters is 2. The Morgan fingerprint density at radius 2 is 1.31 bits per heavy atom. The molecule has 0 spiro atoms. The van der Waals surface area contributed by atoms with Crippen LogP contribution in [0.4, 0.5) is 0 Å². The van der Waals surface area contributed by atoms with Crippen LogP contribution in [0.1, 0.15) is 105 Å². The highest BCUT2D eigenvalue weighted by Crippen LogP contribution is 2.36. The third kappa shape index (κ3) is 9.31. The molecule has 0 aliphatic heterocycles. The van der Waals surface area contributed by atoms with Crippen LogP contribution in [0.15, 0.2) is 73.3 Å². The molecule has 4 heterocycles. The number of benzene rings is 2. The van der Waals surface area contributed by atoms with Gasteiger partial charge in [-0.05, 0) is 70.9 Å². The molecule has 2 aromatic carbocycles. The average Bonchev–Trinajstić information content (AvgIpc) is 3.94. The minimum absolute atomic E-state index is 0. The normalized spacial score (nSPS) is 16.9. The lowest BCUT2D eigenvalue weighted by molar-refractivity contribution is -0.732. The van der Waals surface area contributed by atoms with Gasteiger partial charge in [-0.15, -0.1) is 12.4 Å². The van der Waals surface area contributed by atoms with Crippen molar-refractivity contribution in [1.82, 2.24) is 23.3 Å². The number of nitrogens with zero attached hydrogens (tertiary/aromatic N) is 6. The first-order valence-electron chi connectivity index (χ1n) is 21.5. The summed E-state index contributed by atoms with van der Waals surface area (Å²) in [6.07, 6.45) is 11.0. The van der Waals surface area contributed by atoms with E-state index in [0.717, 1.165) is 82.5 Å². The molecule has 0 saturated carbocycles. The van der Waals surface area contributed by atoms with E-state index in [2.05, 4.69) is 48.5 Å².